The van der Waals surface area contributed by atoms with Gasteiger partial charge in [0, 0.05) is 7.11 Å². The predicted octanol–water partition coefficient (Wildman–Crippen LogP) is 2.74. The third-order valence-electron chi connectivity index (χ3n) is 3.04. The number of nitrogens with one attached hydrogen (secondary N) is 1. The number of amidine groups is 1. The summed E-state index contributed by atoms with van der Waals surface area (Å²) in [5, 5.41) is 3.22. The largest absolute Gasteiger partial charge is 0.354 e. The Kier molecular flexibility index (Phi) is 3.42. The van der Waals surface area contributed by atoms with E-state index in [2.05, 4.69) is 15.3 Å². The van der Waals surface area contributed by atoms with Gasteiger partial charge in [-0.3, -0.25) is 0 Å². The van der Waals surface area contributed by atoms with Gasteiger partial charge in [-0.25, -0.2) is 14.4 Å². The minimum absolute atomic E-state index is 0.255. The first kappa shape index (κ1) is 13.1. The first-order valence-corrected chi connectivity index (χ1v) is 6.38. The highest BCUT2D eigenvalue weighted by molar-refractivity contribution is 6.67. The van der Waals surface area contributed by atoms with Gasteiger partial charge in [0.1, 0.15) is 17.3 Å². The van der Waals surface area contributed by atoms with E-state index < -0.39 is 6.23 Å². The summed E-state index contributed by atoms with van der Waals surface area (Å²) in [6.45, 7) is 0.552. The van der Waals surface area contributed by atoms with Crippen LogP contribution in [0.25, 0.3) is 0 Å². The fraction of sp³-hybridized carbons (Fsp3) is 0.231. The van der Waals surface area contributed by atoms with Crippen LogP contribution in [-0.2, 0) is 11.3 Å². The van der Waals surface area contributed by atoms with Crippen LogP contribution in [0.3, 0.4) is 0 Å². The van der Waals surface area contributed by atoms with E-state index in [9.17, 15) is 4.39 Å². The topological polar surface area (TPSA) is 51.4 Å². The molecule has 0 fully saturated rings. The maximum Gasteiger partial charge on any atom is 0.199 e. The maximum absolute atomic E-state index is 12.9. The van der Waals surface area contributed by atoms with Crippen LogP contribution in [0.5, 0.6) is 0 Å². The highest BCUT2D eigenvalue weighted by Crippen LogP contribution is 2.30. The molecule has 0 saturated carbocycles. The van der Waals surface area contributed by atoms with E-state index in [1.165, 1.54) is 12.1 Å². The normalized spacial score (nSPS) is 17.4. The van der Waals surface area contributed by atoms with Crippen molar-refractivity contribution in [3.05, 3.63) is 47.7 Å². The van der Waals surface area contributed by atoms with Crippen molar-refractivity contribution in [1.29, 1.82) is 0 Å². The molecular weight excluding hydrogens is 283 g/mol. The lowest BCUT2D eigenvalue weighted by Gasteiger charge is -2.19. The molecule has 0 spiro atoms. The molecule has 2 aromatic rings. The van der Waals surface area contributed by atoms with Gasteiger partial charge < -0.3 is 14.6 Å². The van der Waals surface area contributed by atoms with E-state index in [1.807, 2.05) is 4.57 Å². The highest BCUT2D eigenvalue weighted by Gasteiger charge is 2.25. The van der Waals surface area contributed by atoms with Crippen LogP contribution in [-0.4, -0.2) is 22.0 Å². The second-order valence-corrected chi connectivity index (χ2v) is 4.72. The molecule has 0 amide bonds. The lowest BCUT2D eigenvalue weighted by molar-refractivity contribution is 0.108. The van der Waals surface area contributed by atoms with E-state index in [4.69, 9.17) is 16.3 Å². The maximum atomic E-state index is 12.9. The number of hydrogen-bond acceptors (Lipinski definition) is 4. The number of fused-ring (bicyclic) bond motifs is 1. The first-order valence-electron chi connectivity index (χ1n) is 6.00. The molecule has 3 rings (SSSR count). The zero-order valence-corrected chi connectivity index (χ0v) is 11.4. The van der Waals surface area contributed by atoms with Gasteiger partial charge in [0.2, 0.25) is 0 Å². The van der Waals surface area contributed by atoms with Crippen molar-refractivity contribution in [1.82, 2.24) is 9.55 Å². The second kappa shape index (κ2) is 5.22. The number of hydrogen-bond donors (Lipinski definition) is 1. The molecule has 1 aromatic carbocycles. The van der Waals surface area contributed by atoms with Crippen molar-refractivity contribution in [2.75, 3.05) is 12.4 Å². The number of nitrogens with zero attached hydrogens (tertiary/aromatic N) is 3. The highest BCUT2D eigenvalue weighted by atomic mass is 35.5. The molecule has 1 aliphatic heterocycles. The predicted molar refractivity (Wildman–Crippen MR) is 74.4 cm³/mol. The van der Waals surface area contributed by atoms with E-state index in [1.54, 1.807) is 25.6 Å². The van der Waals surface area contributed by atoms with Gasteiger partial charge >= 0.3 is 0 Å². The number of methoxy groups -OCH3 is 1. The summed E-state index contributed by atoms with van der Waals surface area (Å²) in [5.41, 5.74) is 1.64. The number of rotatable bonds is 3. The molecule has 104 valence electrons. The monoisotopic (exact) mass is 294 g/mol. The zero-order chi connectivity index (χ0) is 14.1. The van der Waals surface area contributed by atoms with E-state index >= 15 is 0 Å². The van der Waals surface area contributed by atoms with Crippen LogP contribution in [0, 0.1) is 5.82 Å². The van der Waals surface area contributed by atoms with Gasteiger partial charge in [0.15, 0.2) is 11.5 Å². The van der Waals surface area contributed by atoms with Gasteiger partial charge in [0.05, 0.1) is 12.9 Å². The van der Waals surface area contributed by atoms with Crippen LogP contribution in [0.1, 0.15) is 17.5 Å². The molecule has 7 heteroatoms. The number of halogens is 2. The van der Waals surface area contributed by atoms with Gasteiger partial charge in [-0.2, -0.15) is 0 Å². The number of benzene rings is 1. The van der Waals surface area contributed by atoms with Gasteiger partial charge in [-0.1, -0.05) is 12.1 Å². The fourth-order valence-corrected chi connectivity index (χ4v) is 2.26. The van der Waals surface area contributed by atoms with Crippen molar-refractivity contribution < 1.29 is 9.13 Å². The third kappa shape index (κ3) is 2.39. The van der Waals surface area contributed by atoms with Gasteiger partial charge in [-0.15, -0.1) is 0 Å². The molecule has 0 radical (unpaired) electrons. The van der Waals surface area contributed by atoms with Crippen molar-refractivity contribution in [2.45, 2.75) is 12.8 Å². The second-order valence-electron chi connectivity index (χ2n) is 4.37. The van der Waals surface area contributed by atoms with Crippen molar-refractivity contribution in [3.8, 4) is 0 Å². The molecule has 1 unspecified atom stereocenters. The molecule has 1 atom stereocenters. The first-order chi connectivity index (χ1) is 9.67. The molecule has 0 aliphatic carbocycles. The SMILES string of the molecule is COC1N=C(Cl)Nc2c1ncn2Cc1ccc(F)cc1. The molecule has 1 N–H and O–H groups in total. The van der Waals surface area contributed by atoms with E-state index in [0.717, 1.165) is 11.4 Å². The van der Waals surface area contributed by atoms with Crippen molar-refractivity contribution in [2.24, 2.45) is 4.99 Å². The summed E-state index contributed by atoms with van der Waals surface area (Å²) < 4.78 is 20.0. The van der Waals surface area contributed by atoms with Crippen LogP contribution in [0.2, 0.25) is 0 Å². The number of ether oxygens (including phenoxy) is 1. The quantitative estimate of drug-likeness (QED) is 0.886. The average molecular weight is 295 g/mol. The zero-order valence-electron chi connectivity index (χ0n) is 10.7. The van der Waals surface area contributed by atoms with Crippen LogP contribution >= 0.6 is 11.6 Å². The summed E-state index contributed by atoms with van der Waals surface area (Å²) >= 11 is 5.94. The minimum atomic E-state index is -0.506. The number of anilines is 1. The smallest absolute Gasteiger partial charge is 0.199 e. The molecular formula is C13H12ClFN4O. The fourth-order valence-electron chi connectivity index (χ4n) is 2.08. The lowest BCUT2D eigenvalue weighted by Crippen LogP contribution is -2.19. The Bertz CT molecular complexity index is 653. The Morgan fingerprint density at radius 3 is 2.85 bits per heavy atom. The molecule has 1 aromatic heterocycles. The summed E-state index contributed by atoms with van der Waals surface area (Å²) in [5.74, 6) is 0.482. The van der Waals surface area contributed by atoms with E-state index in [0.29, 0.717) is 12.2 Å². The van der Waals surface area contributed by atoms with Gasteiger partial charge in [0.25, 0.3) is 0 Å². The van der Waals surface area contributed by atoms with Crippen LogP contribution < -0.4 is 5.32 Å². The standard InChI is InChI=1S/C13H12ClFN4O/c1-20-12-10-11(17-13(14)18-12)19(7-16-10)6-8-2-4-9(15)5-3-8/h2-5,7,12H,6H2,1H3,(H,17,18). The Hall–Kier alpha value is -1.92. The number of aliphatic imine (C=N–C) groups is 1. The Morgan fingerprint density at radius 1 is 1.40 bits per heavy atom. The van der Waals surface area contributed by atoms with Crippen molar-refractivity contribution in [3.63, 3.8) is 0 Å². The average Bonchev–Trinajstić information content (AvgIpc) is 2.83. The number of aromatic nitrogens is 2. The Labute approximate surface area is 120 Å². The summed E-state index contributed by atoms with van der Waals surface area (Å²) in [6, 6.07) is 6.32. The molecule has 0 bridgehead atoms. The minimum Gasteiger partial charge on any atom is -0.354 e. The summed E-state index contributed by atoms with van der Waals surface area (Å²) in [7, 11) is 1.55. The molecule has 2 heterocycles. The summed E-state index contributed by atoms with van der Waals surface area (Å²) in [4.78, 5) is 8.39. The Morgan fingerprint density at radius 2 is 2.15 bits per heavy atom. The molecule has 1 aliphatic rings. The number of imidazole rings is 1. The van der Waals surface area contributed by atoms with Crippen LogP contribution in [0.4, 0.5) is 10.2 Å². The Balaban J connectivity index is 1.90. The third-order valence-corrected chi connectivity index (χ3v) is 3.23. The lowest BCUT2D eigenvalue weighted by atomic mass is 10.2. The van der Waals surface area contributed by atoms with Crippen molar-refractivity contribution >= 4 is 22.7 Å². The molecule has 0 saturated heterocycles. The van der Waals surface area contributed by atoms with Crippen LogP contribution in [0.15, 0.2) is 35.6 Å². The molecule has 20 heavy (non-hydrogen) atoms. The van der Waals surface area contributed by atoms with E-state index in [-0.39, 0.29) is 11.1 Å². The summed E-state index contributed by atoms with van der Waals surface area (Å²) in [6.07, 6.45) is 1.17. The molecule has 5 nitrogen and oxygen atoms in total. The van der Waals surface area contributed by atoms with Gasteiger partial charge in [-0.05, 0) is 29.3 Å².